The Hall–Kier alpha value is -3.32. The lowest BCUT2D eigenvalue weighted by Gasteiger charge is -2.13. The molecule has 3 heterocycles. The van der Waals surface area contributed by atoms with Crippen LogP contribution in [0.5, 0.6) is 5.75 Å². The molecular formula is C22H20N4O2S. The molecule has 7 heteroatoms. The number of nitrogens with one attached hydrogen (secondary N) is 1. The topological polar surface area (TPSA) is 77.0 Å². The van der Waals surface area contributed by atoms with Gasteiger partial charge in [0.1, 0.15) is 10.8 Å². The number of hydrogen-bond acceptors (Lipinski definition) is 6. The predicted molar refractivity (Wildman–Crippen MR) is 114 cm³/mol. The Kier molecular flexibility index (Phi) is 5.22. The first-order valence-corrected chi connectivity index (χ1v) is 10.0. The normalized spacial score (nSPS) is 12.0. The number of amides is 1. The van der Waals surface area contributed by atoms with Crippen molar-refractivity contribution in [1.82, 2.24) is 20.3 Å². The molecule has 1 amide bonds. The highest BCUT2D eigenvalue weighted by atomic mass is 32.1. The number of thiazole rings is 1. The van der Waals surface area contributed by atoms with Gasteiger partial charge in [0.15, 0.2) is 0 Å². The van der Waals surface area contributed by atoms with Crippen molar-refractivity contribution in [3.8, 4) is 17.0 Å². The Labute approximate surface area is 172 Å². The van der Waals surface area contributed by atoms with Crippen LogP contribution in [-0.4, -0.2) is 28.0 Å². The van der Waals surface area contributed by atoms with E-state index in [0.717, 1.165) is 32.9 Å². The van der Waals surface area contributed by atoms with E-state index in [1.807, 2.05) is 55.6 Å². The van der Waals surface area contributed by atoms with Crippen LogP contribution in [0.3, 0.4) is 0 Å². The zero-order chi connectivity index (χ0) is 20.4. The molecule has 29 heavy (non-hydrogen) atoms. The van der Waals surface area contributed by atoms with E-state index in [4.69, 9.17) is 4.74 Å². The minimum Gasteiger partial charge on any atom is -0.497 e. The number of nitrogens with zero attached hydrogens (tertiary/aromatic N) is 3. The Balaban J connectivity index is 1.54. The van der Waals surface area contributed by atoms with Crippen LogP contribution < -0.4 is 10.1 Å². The van der Waals surface area contributed by atoms with Crippen LogP contribution in [-0.2, 0) is 0 Å². The monoisotopic (exact) mass is 404 g/mol. The zero-order valence-electron chi connectivity index (χ0n) is 16.3. The van der Waals surface area contributed by atoms with Crippen molar-refractivity contribution in [3.63, 3.8) is 0 Å². The molecular weight excluding hydrogens is 384 g/mol. The third-order valence-electron chi connectivity index (χ3n) is 4.66. The van der Waals surface area contributed by atoms with Crippen LogP contribution in [0.15, 0.2) is 54.2 Å². The number of hydrogen-bond donors (Lipinski definition) is 1. The van der Waals surface area contributed by atoms with Crippen molar-refractivity contribution in [2.24, 2.45) is 0 Å². The van der Waals surface area contributed by atoms with Gasteiger partial charge in [0, 0.05) is 34.8 Å². The number of aryl methyl sites for hydroxylation is 1. The molecule has 0 radical (unpaired) electrons. The highest BCUT2D eigenvalue weighted by Crippen LogP contribution is 2.26. The predicted octanol–water partition coefficient (Wildman–Crippen LogP) is 4.56. The molecule has 1 atom stereocenters. The zero-order valence-corrected chi connectivity index (χ0v) is 17.2. The molecule has 0 bridgehead atoms. The van der Waals surface area contributed by atoms with E-state index in [2.05, 4.69) is 20.3 Å². The lowest BCUT2D eigenvalue weighted by atomic mass is 10.1. The van der Waals surface area contributed by atoms with Gasteiger partial charge in [-0.3, -0.25) is 14.8 Å². The first-order valence-electron chi connectivity index (χ1n) is 9.17. The van der Waals surface area contributed by atoms with Gasteiger partial charge in [0.25, 0.3) is 5.91 Å². The summed E-state index contributed by atoms with van der Waals surface area (Å²) in [6, 6.07) is 11.1. The van der Waals surface area contributed by atoms with Crippen molar-refractivity contribution < 1.29 is 9.53 Å². The number of benzene rings is 1. The van der Waals surface area contributed by atoms with Crippen molar-refractivity contribution in [2.45, 2.75) is 19.9 Å². The average Bonchev–Trinajstić information content (AvgIpc) is 3.24. The lowest BCUT2D eigenvalue weighted by molar-refractivity contribution is 0.0939. The quantitative estimate of drug-likeness (QED) is 0.528. The molecule has 0 saturated heterocycles. The summed E-state index contributed by atoms with van der Waals surface area (Å²) in [6.45, 7) is 3.76. The van der Waals surface area contributed by atoms with E-state index >= 15 is 0 Å². The first kappa shape index (κ1) is 19.0. The number of aromatic nitrogens is 3. The smallest absolute Gasteiger partial charge is 0.253 e. The minimum absolute atomic E-state index is 0.168. The highest BCUT2D eigenvalue weighted by Gasteiger charge is 2.18. The Morgan fingerprint density at radius 1 is 1.21 bits per heavy atom. The van der Waals surface area contributed by atoms with Crippen LogP contribution in [0.1, 0.15) is 34.0 Å². The fourth-order valence-corrected chi connectivity index (χ4v) is 3.90. The fourth-order valence-electron chi connectivity index (χ4n) is 3.07. The number of ether oxygens (including phenoxy) is 1. The molecule has 0 fully saturated rings. The van der Waals surface area contributed by atoms with Gasteiger partial charge in [-0.25, -0.2) is 4.98 Å². The van der Waals surface area contributed by atoms with E-state index in [9.17, 15) is 4.79 Å². The molecule has 4 aromatic rings. The number of carbonyl (C=O) groups is 1. The molecule has 4 rings (SSSR count). The number of methoxy groups -OCH3 is 1. The largest absolute Gasteiger partial charge is 0.497 e. The number of rotatable bonds is 5. The summed E-state index contributed by atoms with van der Waals surface area (Å²) in [4.78, 5) is 26.2. The van der Waals surface area contributed by atoms with Gasteiger partial charge in [-0.15, -0.1) is 11.3 Å². The maximum Gasteiger partial charge on any atom is 0.253 e. The number of fused-ring (bicyclic) bond motifs is 1. The molecule has 146 valence electrons. The number of carbonyl (C=O) groups excluding carboxylic acids is 1. The summed E-state index contributed by atoms with van der Waals surface area (Å²) in [5, 5.41) is 6.74. The van der Waals surface area contributed by atoms with Crippen LogP contribution in [0.2, 0.25) is 0 Å². The van der Waals surface area contributed by atoms with Gasteiger partial charge in [-0.2, -0.15) is 0 Å². The Morgan fingerprint density at radius 3 is 2.83 bits per heavy atom. The summed E-state index contributed by atoms with van der Waals surface area (Å²) in [7, 11) is 1.62. The SMILES string of the molecule is COc1ccc2cc(C(=O)NC(C)c3nc(-c4cccnc4)cs3)c(C)nc2c1. The second-order valence-corrected chi connectivity index (χ2v) is 7.58. The van der Waals surface area contributed by atoms with Gasteiger partial charge in [0.05, 0.1) is 35.6 Å². The second kappa shape index (κ2) is 7.97. The molecule has 1 N–H and O–H groups in total. The Bertz CT molecular complexity index is 1170. The molecule has 1 aromatic carbocycles. The van der Waals surface area contributed by atoms with Gasteiger partial charge >= 0.3 is 0 Å². The summed E-state index contributed by atoms with van der Waals surface area (Å²) < 4.78 is 5.25. The van der Waals surface area contributed by atoms with Crippen LogP contribution in [0, 0.1) is 6.92 Å². The van der Waals surface area contributed by atoms with Crippen LogP contribution in [0.25, 0.3) is 22.2 Å². The van der Waals surface area contributed by atoms with E-state index in [1.165, 1.54) is 11.3 Å². The summed E-state index contributed by atoms with van der Waals surface area (Å²) in [5.74, 6) is 0.571. The van der Waals surface area contributed by atoms with Crippen LogP contribution in [0.4, 0.5) is 0 Å². The molecule has 3 aromatic heterocycles. The van der Waals surface area contributed by atoms with Gasteiger partial charge < -0.3 is 10.1 Å². The molecule has 0 aliphatic heterocycles. The summed E-state index contributed by atoms with van der Waals surface area (Å²) in [6.07, 6.45) is 3.51. The van der Waals surface area contributed by atoms with E-state index in [1.54, 1.807) is 19.5 Å². The standard InChI is InChI=1S/C22H20N4O2S/c1-13-18(9-15-6-7-17(28-3)10-19(15)24-13)21(27)25-14(2)22-26-20(12-29-22)16-5-4-8-23-11-16/h4-12,14H,1-3H3,(H,25,27). The molecule has 0 aliphatic rings. The van der Waals surface area contributed by atoms with Gasteiger partial charge in [-0.1, -0.05) is 0 Å². The first-order chi connectivity index (χ1) is 14.0. The highest BCUT2D eigenvalue weighted by molar-refractivity contribution is 7.10. The van der Waals surface area contributed by atoms with Gasteiger partial charge in [0.2, 0.25) is 0 Å². The molecule has 0 aliphatic carbocycles. The maximum absolute atomic E-state index is 12.9. The summed E-state index contributed by atoms with van der Waals surface area (Å²) in [5.41, 5.74) is 3.84. The van der Waals surface area contributed by atoms with Gasteiger partial charge in [-0.05, 0) is 44.2 Å². The molecule has 0 saturated carbocycles. The lowest BCUT2D eigenvalue weighted by Crippen LogP contribution is -2.27. The number of pyridine rings is 2. The Morgan fingerprint density at radius 2 is 2.07 bits per heavy atom. The van der Waals surface area contributed by atoms with Crippen molar-refractivity contribution in [3.05, 3.63) is 70.4 Å². The summed E-state index contributed by atoms with van der Waals surface area (Å²) >= 11 is 1.52. The fraction of sp³-hybridized carbons (Fsp3) is 0.182. The second-order valence-electron chi connectivity index (χ2n) is 6.69. The third kappa shape index (κ3) is 3.95. The van der Waals surface area contributed by atoms with Crippen molar-refractivity contribution in [1.29, 1.82) is 0 Å². The molecule has 1 unspecified atom stereocenters. The minimum atomic E-state index is -0.219. The van der Waals surface area contributed by atoms with Crippen LogP contribution >= 0.6 is 11.3 Å². The average molecular weight is 404 g/mol. The molecule has 0 spiro atoms. The molecule has 6 nitrogen and oxygen atoms in total. The third-order valence-corrected chi connectivity index (χ3v) is 5.68. The maximum atomic E-state index is 12.9. The van der Waals surface area contributed by atoms with E-state index < -0.39 is 0 Å². The van der Waals surface area contributed by atoms with E-state index in [-0.39, 0.29) is 11.9 Å². The van der Waals surface area contributed by atoms with Crippen molar-refractivity contribution in [2.75, 3.05) is 7.11 Å². The van der Waals surface area contributed by atoms with E-state index in [0.29, 0.717) is 11.3 Å². The van der Waals surface area contributed by atoms with Crippen molar-refractivity contribution >= 4 is 28.1 Å².